The van der Waals surface area contributed by atoms with E-state index in [4.69, 9.17) is 4.74 Å². The van der Waals surface area contributed by atoms with Gasteiger partial charge in [0.1, 0.15) is 0 Å². The minimum atomic E-state index is 0.150. The molecule has 4 heteroatoms. The molecular formula is C16H28N2O2. The first kappa shape index (κ1) is 15.5. The van der Waals surface area contributed by atoms with Crippen LogP contribution in [-0.2, 0) is 9.53 Å². The minimum Gasteiger partial charge on any atom is -0.379 e. The van der Waals surface area contributed by atoms with Crippen LogP contribution >= 0.6 is 0 Å². The summed E-state index contributed by atoms with van der Waals surface area (Å²) in [5.41, 5.74) is 0. The Morgan fingerprint density at radius 1 is 1.30 bits per heavy atom. The second kappa shape index (κ2) is 7.79. The lowest BCUT2D eigenvalue weighted by atomic mass is 9.85. The zero-order valence-corrected chi connectivity index (χ0v) is 12.9. The predicted molar refractivity (Wildman–Crippen MR) is 80.6 cm³/mol. The molecule has 0 spiro atoms. The lowest BCUT2D eigenvalue weighted by Gasteiger charge is -2.35. The monoisotopic (exact) mass is 280 g/mol. The molecule has 0 aromatic carbocycles. The average molecular weight is 280 g/mol. The first-order chi connectivity index (χ1) is 9.68. The zero-order chi connectivity index (χ0) is 14.4. The highest BCUT2D eigenvalue weighted by atomic mass is 16.5. The van der Waals surface area contributed by atoms with Gasteiger partial charge in [-0.15, -0.1) is 0 Å². The number of ether oxygens (including phenoxy) is 1. The van der Waals surface area contributed by atoms with E-state index in [0.29, 0.717) is 12.0 Å². The molecule has 2 rings (SSSR count). The van der Waals surface area contributed by atoms with Gasteiger partial charge in [0.2, 0.25) is 5.91 Å². The average Bonchev–Trinajstić information content (AvgIpc) is 2.48. The van der Waals surface area contributed by atoms with Crippen molar-refractivity contribution < 1.29 is 9.53 Å². The Morgan fingerprint density at radius 2 is 2.00 bits per heavy atom. The molecule has 1 aliphatic heterocycles. The number of rotatable bonds is 4. The van der Waals surface area contributed by atoms with Crippen molar-refractivity contribution in [3.63, 3.8) is 0 Å². The standard InChI is InChI=1S/C16H28N2O2/c1-14-6-3-4-7-15(14)17(2)16(19)8-5-9-18-10-12-20-13-11-18/h5,8,14-15H,3-4,6-7,9-13H2,1-2H3/b8-5+. The summed E-state index contributed by atoms with van der Waals surface area (Å²) in [6.07, 6.45) is 8.71. The highest BCUT2D eigenvalue weighted by Crippen LogP contribution is 2.27. The third-order valence-electron chi connectivity index (χ3n) is 4.64. The first-order valence-electron chi connectivity index (χ1n) is 7.92. The number of carbonyl (C=O) groups excluding carboxylic acids is 1. The quantitative estimate of drug-likeness (QED) is 0.738. The van der Waals surface area contributed by atoms with E-state index in [9.17, 15) is 4.79 Å². The van der Waals surface area contributed by atoms with Gasteiger partial charge in [-0.3, -0.25) is 9.69 Å². The van der Waals surface area contributed by atoms with Gasteiger partial charge in [0.05, 0.1) is 13.2 Å². The molecule has 2 atom stereocenters. The Labute approximate surface area is 122 Å². The van der Waals surface area contributed by atoms with E-state index in [1.807, 2.05) is 18.0 Å². The van der Waals surface area contributed by atoms with Crippen LogP contribution in [0.3, 0.4) is 0 Å². The van der Waals surface area contributed by atoms with Crippen LogP contribution in [-0.4, -0.2) is 61.6 Å². The molecule has 2 fully saturated rings. The molecule has 0 aromatic rings. The number of likely N-dealkylation sites (N-methyl/N-ethyl adjacent to an activating group) is 1. The maximum atomic E-state index is 12.2. The second-order valence-electron chi connectivity index (χ2n) is 6.09. The molecule has 0 N–H and O–H groups in total. The molecule has 2 aliphatic rings. The molecule has 1 saturated heterocycles. The van der Waals surface area contributed by atoms with Crippen LogP contribution in [0.15, 0.2) is 12.2 Å². The van der Waals surface area contributed by atoms with Crippen molar-refractivity contribution in [2.24, 2.45) is 5.92 Å². The predicted octanol–water partition coefficient (Wildman–Crippen LogP) is 1.91. The minimum absolute atomic E-state index is 0.150. The van der Waals surface area contributed by atoms with Gasteiger partial charge < -0.3 is 9.64 Å². The maximum Gasteiger partial charge on any atom is 0.246 e. The van der Waals surface area contributed by atoms with E-state index in [0.717, 1.165) is 39.3 Å². The van der Waals surface area contributed by atoms with E-state index >= 15 is 0 Å². The molecule has 1 heterocycles. The number of hydrogen-bond donors (Lipinski definition) is 0. The molecule has 20 heavy (non-hydrogen) atoms. The van der Waals surface area contributed by atoms with Gasteiger partial charge in [-0.05, 0) is 18.8 Å². The van der Waals surface area contributed by atoms with Gasteiger partial charge in [0.15, 0.2) is 0 Å². The van der Waals surface area contributed by atoms with Gasteiger partial charge in [0.25, 0.3) is 0 Å². The number of amides is 1. The number of nitrogens with zero attached hydrogens (tertiary/aromatic N) is 2. The molecule has 0 aromatic heterocycles. The summed E-state index contributed by atoms with van der Waals surface area (Å²) in [6.45, 7) is 6.67. The van der Waals surface area contributed by atoms with E-state index < -0.39 is 0 Å². The molecule has 0 bridgehead atoms. The van der Waals surface area contributed by atoms with Crippen molar-refractivity contribution in [2.75, 3.05) is 39.9 Å². The van der Waals surface area contributed by atoms with Gasteiger partial charge in [-0.1, -0.05) is 25.8 Å². The highest BCUT2D eigenvalue weighted by molar-refractivity contribution is 5.87. The molecule has 1 aliphatic carbocycles. The first-order valence-corrected chi connectivity index (χ1v) is 7.92. The van der Waals surface area contributed by atoms with Gasteiger partial charge in [-0.25, -0.2) is 0 Å². The topological polar surface area (TPSA) is 32.8 Å². The summed E-state index contributed by atoms with van der Waals surface area (Å²) in [5.74, 6) is 0.780. The fourth-order valence-electron chi connectivity index (χ4n) is 3.24. The number of hydrogen-bond acceptors (Lipinski definition) is 3. The SMILES string of the molecule is CC1CCCCC1N(C)C(=O)/C=C/CN1CCOCC1. The van der Waals surface area contributed by atoms with Gasteiger partial charge in [0, 0.05) is 38.8 Å². The molecular weight excluding hydrogens is 252 g/mol. The van der Waals surface area contributed by atoms with E-state index in [-0.39, 0.29) is 5.91 Å². The number of morpholine rings is 1. The van der Waals surface area contributed by atoms with Crippen molar-refractivity contribution in [3.8, 4) is 0 Å². The summed E-state index contributed by atoms with van der Waals surface area (Å²) in [5, 5.41) is 0. The normalized spacial score (nSPS) is 28.7. The summed E-state index contributed by atoms with van der Waals surface area (Å²) in [6, 6.07) is 0.421. The van der Waals surface area contributed by atoms with Crippen molar-refractivity contribution >= 4 is 5.91 Å². The van der Waals surface area contributed by atoms with Crippen LogP contribution in [0.5, 0.6) is 0 Å². The maximum absolute atomic E-state index is 12.2. The Morgan fingerprint density at radius 3 is 2.70 bits per heavy atom. The summed E-state index contributed by atoms with van der Waals surface area (Å²) in [7, 11) is 1.95. The van der Waals surface area contributed by atoms with Crippen LogP contribution in [0.1, 0.15) is 32.6 Å². The zero-order valence-electron chi connectivity index (χ0n) is 12.9. The van der Waals surface area contributed by atoms with Crippen LogP contribution in [0.2, 0.25) is 0 Å². The van der Waals surface area contributed by atoms with Crippen LogP contribution in [0.4, 0.5) is 0 Å². The Balaban J connectivity index is 1.77. The molecule has 114 valence electrons. The Kier molecular flexibility index (Phi) is 6.05. The Hall–Kier alpha value is -0.870. The Bertz CT molecular complexity index is 337. The molecule has 4 nitrogen and oxygen atoms in total. The van der Waals surface area contributed by atoms with Crippen molar-refractivity contribution in [1.82, 2.24) is 9.80 Å². The molecule has 2 unspecified atom stereocenters. The lowest BCUT2D eigenvalue weighted by Crippen LogP contribution is -2.42. The number of carbonyl (C=O) groups is 1. The van der Waals surface area contributed by atoms with Gasteiger partial charge >= 0.3 is 0 Å². The van der Waals surface area contributed by atoms with E-state index in [1.165, 1.54) is 19.3 Å². The van der Waals surface area contributed by atoms with Gasteiger partial charge in [-0.2, -0.15) is 0 Å². The molecule has 1 saturated carbocycles. The third kappa shape index (κ3) is 4.32. The fraction of sp³-hybridized carbons (Fsp3) is 0.812. The smallest absolute Gasteiger partial charge is 0.246 e. The van der Waals surface area contributed by atoms with Crippen LogP contribution in [0, 0.1) is 5.92 Å². The second-order valence-corrected chi connectivity index (χ2v) is 6.09. The summed E-state index contributed by atoms with van der Waals surface area (Å²) in [4.78, 5) is 16.5. The van der Waals surface area contributed by atoms with E-state index in [2.05, 4.69) is 11.8 Å². The summed E-state index contributed by atoms with van der Waals surface area (Å²) >= 11 is 0. The summed E-state index contributed by atoms with van der Waals surface area (Å²) < 4.78 is 5.32. The largest absolute Gasteiger partial charge is 0.379 e. The molecule has 0 radical (unpaired) electrons. The van der Waals surface area contributed by atoms with Crippen molar-refractivity contribution in [3.05, 3.63) is 12.2 Å². The lowest BCUT2D eigenvalue weighted by molar-refractivity contribution is -0.128. The van der Waals surface area contributed by atoms with E-state index in [1.54, 1.807) is 6.08 Å². The van der Waals surface area contributed by atoms with Crippen molar-refractivity contribution in [1.29, 1.82) is 0 Å². The third-order valence-corrected chi connectivity index (χ3v) is 4.64. The highest BCUT2D eigenvalue weighted by Gasteiger charge is 2.26. The van der Waals surface area contributed by atoms with Crippen LogP contribution < -0.4 is 0 Å². The van der Waals surface area contributed by atoms with Crippen molar-refractivity contribution in [2.45, 2.75) is 38.6 Å². The fourth-order valence-corrected chi connectivity index (χ4v) is 3.24. The van der Waals surface area contributed by atoms with Crippen LogP contribution in [0.25, 0.3) is 0 Å². The molecule has 1 amide bonds.